The van der Waals surface area contributed by atoms with Crippen molar-refractivity contribution in [1.29, 1.82) is 0 Å². The number of benzene rings is 1. The first kappa shape index (κ1) is 16.9. The van der Waals surface area contributed by atoms with E-state index in [9.17, 15) is 5.11 Å². The number of thioether (sulfide) groups is 1. The van der Waals surface area contributed by atoms with Crippen LogP contribution in [-0.2, 0) is 6.42 Å². The second-order valence-electron chi connectivity index (χ2n) is 6.89. The second-order valence-corrected chi connectivity index (χ2v) is 8.57. The average molecular weight is 308 g/mol. The van der Waals surface area contributed by atoms with Gasteiger partial charge in [0.1, 0.15) is 0 Å². The lowest BCUT2D eigenvalue weighted by atomic mass is 10.00. The molecule has 0 radical (unpaired) electrons. The van der Waals surface area contributed by atoms with Crippen LogP contribution in [0.5, 0.6) is 0 Å². The summed E-state index contributed by atoms with van der Waals surface area (Å²) in [7, 11) is 0. The van der Waals surface area contributed by atoms with Gasteiger partial charge in [0.25, 0.3) is 0 Å². The largest absolute Gasteiger partial charge is 0.387 e. The molecule has 2 rings (SSSR count). The van der Waals surface area contributed by atoms with Crippen molar-refractivity contribution in [3.05, 3.63) is 35.4 Å². The number of hydrogen-bond acceptors (Lipinski definition) is 3. The SMILES string of the molecule is CC(C)Cc1ccc(C(O)CNCC2(C)CCCS2)cc1. The molecule has 0 spiro atoms. The van der Waals surface area contributed by atoms with Gasteiger partial charge < -0.3 is 10.4 Å². The molecular weight excluding hydrogens is 278 g/mol. The molecule has 1 fully saturated rings. The first-order valence-corrected chi connectivity index (χ1v) is 9.09. The average Bonchev–Trinajstić information content (AvgIpc) is 2.86. The first-order chi connectivity index (χ1) is 9.98. The van der Waals surface area contributed by atoms with Crippen LogP contribution >= 0.6 is 11.8 Å². The topological polar surface area (TPSA) is 32.3 Å². The lowest BCUT2D eigenvalue weighted by Gasteiger charge is -2.24. The zero-order chi connectivity index (χ0) is 15.3. The fraction of sp³-hybridized carbons (Fsp3) is 0.667. The summed E-state index contributed by atoms with van der Waals surface area (Å²) in [6.45, 7) is 8.41. The lowest BCUT2D eigenvalue weighted by molar-refractivity contribution is 0.174. The predicted molar refractivity (Wildman–Crippen MR) is 92.9 cm³/mol. The van der Waals surface area contributed by atoms with Crippen LogP contribution in [0, 0.1) is 5.92 Å². The Labute approximate surface area is 133 Å². The zero-order valence-electron chi connectivity index (χ0n) is 13.6. The Balaban J connectivity index is 1.78. The van der Waals surface area contributed by atoms with Crippen LogP contribution in [0.1, 0.15) is 50.8 Å². The minimum absolute atomic E-state index is 0.362. The molecular formula is C18H29NOS. The molecule has 1 aliphatic heterocycles. The molecule has 0 aromatic heterocycles. The first-order valence-electron chi connectivity index (χ1n) is 8.10. The molecule has 2 unspecified atom stereocenters. The van der Waals surface area contributed by atoms with Crippen LogP contribution < -0.4 is 5.32 Å². The van der Waals surface area contributed by atoms with E-state index in [1.54, 1.807) is 0 Å². The fourth-order valence-electron chi connectivity index (χ4n) is 2.91. The van der Waals surface area contributed by atoms with Gasteiger partial charge in [-0.1, -0.05) is 38.1 Å². The molecule has 2 N–H and O–H groups in total. The number of aliphatic hydroxyl groups is 1. The van der Waals surface area contributed by atoms with Crippen LogP contribution in [0.3, 0.4) is 0 Å². The Hall–Kier alpha value is -0.510. The van der Waals surface area contributed by atoms with Crippen molar-refractivity contribution in [2.45, 2.75) is 50.9 Å². The van der Waals surface area contributed by atoms with E-state index >= 15 is 0 Å². The van der Waals surface area contributed by atoms with Crippen LogP contribution in [-0.4, -0.2) is 28.7 Å². The highest BCUT2D eigenvalue weighted by Crippen LogP contribution is 2.37. The molecule has 1 saturated heterocycles. The maximum Gasteiger partial charge on any atom is 0.0914 e. The number of aliphatic hydroxyl groups excluding tert-OH is 1. The lowest BCUT2D eigenvalue weighted by Crippen LogP contribution is -2.35. The summed E-state index contributed by atoms with van der Waals surface area (Å²) in [5, 5.41) is 13.7. The molecule has 0 saturated carbocycles. The van der Waals surface area contributed by atoms with Crippen molar-refractivity contribution in [2.75, 3.05) is 18.8 Å². The second kappa shape index (κ2) is 7.66. The fourth-order valence-corrected chi connectivity index (χ4v) is 4.19. The summed E-state index contributed by atoms with van der Waals surface area (Å²) in [6, 6.07) is 8.42. The van der Waals surface area contributed by atoms with E-state index in [-0.39, 0.29) is 0 Å². The van der Waals surface area contributed by atoms with Gasteiger partial charge in [-0.05, 0) is 49.0 Å². The molecule has 0 amide bonds. The van der Waals surface area contributed by atoms with Gasteiger partial charge in [-0.3, -0.25) is 0 Å². The van der Waals surface area contributed by atoms with Crippen molar-refractivity contribution >= 4 is 11.8 Å². The summed E-state index contributed by atoms with van der Waals surface area (Å²) in [6.07, 6.45) is 3.30. The third-order valence-electron chi connectivity index (χ3n) is 4.15. The molecule has 1 aromatic carbocycles. The van der Waals surface area contributed by atoms with E-state index in [4.69, 9.17) is 0 Å². The minimum atomic E-state index is -0.409. The Morgan fingerprint density at radius 1 is 1.29 bits per heavy atom. The van der Waals surface area contributed by atoms with Gasteiger partial charge in [-0.25, -0.2) is 0 Å². The van der Waals surface area contributed by atoms with Crippen molar-refractivity contribution in [3.8, 4) is 0 Å². The van der Waals surface area contributed by atoms with Gasteiger partial charge in [0.2, 0.25) is 0 Å². The van der Waals surface area contributed by atoms with Gasteiger partial charge in [-0.2, -0.15) is 11.8 Å². The summed E-state index contributed by atoms with van der Waals surface area (Å²) >= 11 is 2.06. The number of hydrogen-bond donors (Lipinski definition) is 2. The Bertz CT molecular complexity index is 423. The molecule has 1 heterocycles. The molecule has 0 aliphatic carbocycles. The van der Waals surface area contributed by atoms with Gasteiger partial charge in [-0.15, -0.1) is 0 Å². The molecule has 0 bridgehead atoms. The highest BCUT2D eigenvalue weighted by Gasteiger charge is 2.28. The van der Waals surface area contributed by atoms with E-state index in [0.717, 1.165) is 18.5 Å². The normalized spacial score (nSPS) is 23.7. The standard InChI is InChI=1S/C18H29NOS/c1-14(2)11-15-5-7-16(8-6-15)17(20)12-19-13-18(3)9-4-10-21-18/h5-8,14,17,19-20H,4,9-13H2,1-3H3. The third kappa shape index (κ3) is 5.32. The van der Waals surface area contributed by atoms with Crippen molar-refractivity contribution in [2.24, 2.45) is 5.92 Å². The van der Waals surface area contributed by atoms with Gasteiger partial charge in [0.15, 0.2) is 0 Å². The molecule has 2 nitrogen and oxygen atoms in total. The van der Waals surface area contributed by atoms with Crippen molar-refractivity contribution < 1.29 is 5.11 Å². The molecule has 3 heteroatoms. The van der Waals surface area contributed by atoms with Crippen molar-refractivity contribution in [3.63, 3.8) is 0 Å². The number of nitrogens with one attached hydrogen (secondary N) is 1. The highest BCUT2D eigenvalue weighted by atomic mass is 32.2. The van der Waals surface area contributed by atoms with Crippen LogP contribution in [0.15, 0.2) is 24.3 Å². The van der Waals surface area contributed by atoms with Crippen molar-refractivity contribution in [1.82, 2.24) is 5.32 Å². The van der Waals surface area contributed by atoms with E-state index in [1.165, 1.54) is 24.2 Å². The van der Waals surface area contributed by atoms with Crippen LogP contribution in [0.25, 0.3) is 0 Å². The van der Waals surface area contributed by atoms with E-state index in [0.29, 0.717) is 17.2 Å². The summed E-state index contributed by atoms with van der Waals surface area (Å²) in [5.41, 5.74) is 2.36. The van der Waals surface area contributed by atoms with E-state index in [2.05, 4.69) is 62.1 Å². The monoisotopic (exact) mass is 307 g/mol. The van der Waals surface area contributed by atoms with Crippen LogP contribution in [0.2, 0.25) is 0 Å². The van der Waals surface area contributed by atoms with Crippen LogP contribution in [0.4, 0.5) is 0 Å². The van der Waals surface area contributed by atoms with Gasteiger partial charge in [0, 0.05) is 17.8 Å². The van der Waals surface area contributed by atoms with Gasteiger partial charge in [0.05, 0.1) is 6.10 Å². The highest BCUT2D eigenvalue weighted by molar-refractivity contribution is 8.00. The molecule has 2 atom stereocenters. The third-order valence-corrected chi connectivity index (χ3v) is 5.68. The molecule has 118 valence electrons. The summed E-state index contributed by atoms with van der Waals surface area (Å²) < 4.78 is 0.362. The Kier molecular flexibility index (Phi) is 6.15. The molecule has 1 aliphatic rings. The maximum absolute atomic E-state index is 10.3. The summed E-state index contributed by atoms with van der Waals surface area (Å²) in [4.78, 5) is 0. The quantitative estimate of drug-likeness (QED) is 0.804. The number of rotatable bonds is 7. The minimum Gasteiger partial charge on any atom is -0.387 e. The molecule has 1 aromatic rings. The maximum atomic E-state index is 10.3. The molecule has 21 heavy (non-hydrogen) atoms. The summed E-state index contributed by atoms with van der Waals surface area (Å²) in [5.74, 6) is 1.95. The van der Waals surface area contributed by atoms with Gasteiger partial charge >= 0.3 is 0 Å². The Morgan fingerprint density at radius 2 is 2.00 bits per heavy atom. The predicted octanol–water partition coefficient (Wildman–Crippen LogP) is 3.79. The zero-order valence-corrected chi connectivity index (χ0v) is 14.4. The Morgan fingerprint density at radius 3 is 2.57 bits per heavy atom. The van der Waals surface area contributed by atoms with E-state index < -0.39 is 6.10 Å². The van der Waals surface area contributed by atoms with E-state index in [1.807, 2.05) is 0 Å². The smallest absolute Gasteiger partial charge is 0.0914 e.